The number of nitrogens with zero attached hydrogens (tertiary/aromatic N) is 1. The zero-order chi connectivity index (χ0) is 15.2. The summed E-state index contributed by atoms with van der Waals surface area (Å²) in [6, 6.07) is 4.05. The van der Waals surface area contributed by atoms with Gasteiger partial charge in [-0.3, -0.25) is 4.90 Å². The van der Waals surface area contributed by atoms with Crippen LogP contribution in [0.25, 0.3) is 0 Å². The average Bonchev–Trinajstić information content (AvgIpc) is 2.48. The predicted octanol–water partition coefficient (Wildman–Crippen LogP) is 0.799. The minimum atomic E-state index is -2.84. The molecule has 0 amide bonds. The Balaban J connectivity index is 1.89. The molecule has 1 heterocycles. The monoisotopic (exact) mass is 333 g/mol. The second kappa shape index (κ2) is 7.74. The number of morpholine rings is 1. The topological polar surface area (TPSA) is 72.9 Å². The molecule has 1 aliphatic heterocycles. The molecule has 2 rings (SSSR count). The normalized spacial score (nSPS) is 16.1. The lowest BCUT2D eigenvalue weighted by Crippen LogP contribution is -2.38. The third-order valence-corrected chi connectivity index (χ3v) is 4.35. The summed E-state index contributed by atoms with van der Waals surface area (Å²) in [5, 5.41) is 0.0935. The second-order valence-electron chi connectivity index (χ2n) is 4.51. The Hall–Kier alpha value is -1.15. The summed E-state index contributed by atoms with van der Waals surface area (Å²) in [7, 11) is -2.84. The van der Waals surface area contributed by atoms with Crippen molar-refractivity contribution in [1.29, 1.82) is 0 Å². The molecule has 6 nitrogen and oxygen atoms in total. The molecule has 0 N–H and O–H groups in total. The fourth-order valence-electron chi connectivity index (χ4n) is 1.96. The number of ether oxygens (including phenoxy) is 2. The van der Waals surface area contributed by atoms with Crippen LogP contribution in [0.4, 0.5) is 0 Å². The maximum Gasteiger partial charge on any atom is 0.338 e. The van der Waals surface area contributed by atoms with Crippen molar-refractivity contribution in [1.82, 2.24) is 4.90 Å². The summed E-state index contributed by atoms with van der Waals surface area (Å²) in [6.07, 6.45) is 0. The Kier molecular flexibility index (Phi) is 5.98. The van der Waals surface area contributed by atoms with Crippen LogP contribution in [0.1, 0.15) is 10.4 Å². The third-order valence-electron chi connectivity index (χ3n) is 3.12. The van der Waals surface area contributed by atoms with Gasteiger partial charge < -0.3 is 9.47 Å². The van der Waals surface area contributed by atoms with E-state index in [1.165, 1.54) is 18.2 Å². The van der Waals surface area contributed by atoms with Crippen LogP contribution in [-0.4, -0.2) is 58.7 Å². The molecule has 0 aliphatic carbocycles. The van der Waals surface area contributed by atoms with Gasteiger partial charge in [0.25, 0.3) is 0 Å². The Labute approximate surface area is 129 Å². The summed E-state index contributed by atoms with van der Waals surface area (Å²) >= 11 is 5.75. The molecular weight excluding hydrogens is 318 g/mol. The lowest BCUT2D eigenvalue weighted by atomic mass is 10.2. The standard InChI is InChI=1S/C13H16ClNO5S/c14-11-2-1-10(9-12(11)21(17)18)13(16)20-8-5-15-3-6-19-7-4-15/h1-2,9,21H,3-8H2. The minimum Gasteiger partial charge on any atom is -0.461 e. The Morgan fingerprint density at radius 1 is 1.33 bits per heavy atom. The maximum atomic E-state index is 11.9. The van der Waals surface area contributed by atoms with Crippen LogP contribution in [0, 0.1) is 0 Å². The summed E-state index contributed by atoms with van der Waals surface area (Å²) in [5.41, 5.74) is 0.176. The highest BCUT2D eigenvalue weighted by atomic mass is 35.5. The zero-order valence-electron chi connectivity index (χ0n) is 11.3. The minimum absolute atomic E-state index is 0.0747. The van der Waals surface area contributed by atoms with E-state index < -0.39 is 16.7 Å². The number of halogens is 1. The van der Waals surface area contributed by atoms with Crippen LogP contribution in [0.15, 0.2) is 23.1 Å². The van der Waals surface area contributed by atoms with Crippen LogP contribution >= 0.6 is 11.6 Å². The zero-order valence-corrected chi connectivity index (χ0v) is 12.9. The highest BCUT2D eigenvalue weighted by molar-refractivity contribution is 7.72. The average molecular weight is 334 g/mol. The number of hydrogen-bond donors (Lipinski definition) is 1. The molecule has 1 aliphatic rings. The van der Waals surface area contributed by atoms with Crippen LogP contribution in [-0.2, 0) is 20.2 Å². The number of carbonyl (C=O) groups is 1. The van der Waals surface area contributed by atoms with Crippen molar-refractivity contribution in [2.45, 2.75) is 4.90 Å². The first-order valence-corrected chi connectivity index (χ1v) is 8.04. The summed E-state index contributed by atoms with van der Waals surface area (Å²) < 4.78 is 32.4. The molecule has 1 aromatic rings. The van der Waals surface area contributed by atoms with E-state index in [9.17, 15) is 13.2 Å². The molecule has 116 valence electrons. The number of hydrogen-bond acceptors (Lipinski definition) is 6. The van der Waals surface area contributed by atoms with Crippen LogP contribution < -0.4 is 0 Å². The van der Waals surface area contributed by atoms with Crippen LogP contribution in [0.2, 0.25) is 5.02 Å². The van der Waals surface area contributed by atoms with E-state index in [1.54, 1.807) is 0 Å². The molecule has 21 heavy (non-hydrogen) atoms. The van der Waals surface area contributed by atoms with Crippen LogP contribution in [0.5, 0.6) is 0 Å². The van der Waals surface area contributed by atoms with Gasteiger partial charge in [-0.25, -0.2) is 13.2 Å². The van der Waals surface area contributed by atoms with Crippen molar-refractivity contribution in [2.24, 2.45) is 0 Å². The largest absolute Gasteiger partial charge is 0.461 e. The van der Waals surface area contributed by atoms with E-state index in [4.69, 9.17) is 21.1 Å². The lowest BCUT2D eigenvalue weighted by molar-refractivity contribution is 0.0195. The van der Waals surface area contributed by atoms with Gasteiger partial charge in [0.15, 0.2) is 10.7 Å². The Bertz CT molecular complexity index is 576. The molecule has 0 radical (unpaired) electrons. The molecular formula is C13H16ClNO5S. The van der Waals surface area contributed by atoms with E-state index in [1.807, 2.05) is 0 Å². The number of rotatable bonds is 5. The van der Waals surface area contributed by atoms with E-state index in [-0.39, 0.29) is 22.1 Å². The van der Waals surface area contributed by atoms with E-state index in [0.717, 1.165) is 13.1 Å². The van der Waals surface area contributed by atoms with Crippen molar-refractivity contribution < 1.29 is 22.7 Å². The molecule has 1 saturated heterocycles. The number of thiol groups is 1. The van der Waals surface area contributed by atoms with Gasteiger partial charge in [-0.2, -0.15) is 0 Å². The van der Waals surface area contributed by atoms with Gasteiger partial charge in [-0.1, -0.05) is 11.6 Å². The molecule has 0 unspecified atom stereocenters. The maximum absolute atomic E-state index is 11.9. The molecule has 1 fully saturated rings. The fourth-order valence-corrected chi connectivity index (χ4v) is 2.77. The van der Waals surface area contributed by atoms with Gasteiger partial charge >= 0.3 is 5.97 Å². The molecule has 0 atom stereocenters. The van der Waals surface area contributed by atoms with Gasteiger partial charge in [0.1, 0.15) is 6.61 Å². The van der Waals surface area contributed by atoms with Gasteiger partial charge in [-0.15, -0.1) is 0 Å². The SMILES string of the molecule is O=C(OCCN1CCOCC1)c1ccc(Cl)c([SH](=O)=O)c1. The van der Waals surface area contributed by atoms with Crippen molar-refractivity contribution in [3.8, 4) is 0 Å². The molecule has 0 bridgehead atoms. The first kappa shape index (κ1) is 16.2. The van der Waals surface area contributed by atoms with Gasteiger partial charge in [0.2, 0.25) is 0 Å². The predicted molar refractivity (Wildman–Crippen MR) is 77.6 cm³/mol. The third kappa shape index (κ3) is 4.67. The van der Waals surface area contributed by atoms with Crippen LogP contribution in [0.3, 0.4) is 0 Å². The molecule has 0 saturated carbocycles. The summed E-state index contributed by atoms with van der Waals surface area (Å²) in [6.45, 7) is 3.89. The number of benzene rings is 1. The highest BCUT2D eigenvalue weighted by Gasteiger charge is 2.14. The molecule has 0 aromatic heterocycles. The van der Waals surface area contributed by atoms with E-state index in [2.05, 4.69) is 4.90 Å². The molecule has 8 heteroatoms. The van der Waals surface area contributed by atoms with Gasteiger partial charge in [-0.05, 0) is 18.2 Å². The summed E-state index contributed by atoms with van der Waals surface area (Å²) in [4.78, 5) is 13.9. The molecule has 0 spiro atoms. The fraction of sp³-hybridized carbons (Fsp3) is 0.462. The highest BCUT2D eigenvalue weighted by Crippen LogP contribution is 2.19. The van der Waals surface area contributed by atoms with Gasteiger partial charge in [0.05, 0.1) is 28.7 Å². The number of esters is 1. The van der Waals surface area contributed by atoms with E-state index >= 15 is 0 Å². The second-order valence-corrected chi connectivity index (χ2v) is 5.92. The van der Waals surface area contributed by atoms with Crippen molar-refractivity contribution in [2.75, 3.05) is 39.5 Å². The Morgan fingerprint density at radius 2 is 2.05 bits per heavy atom. The lowest BCUT2D eigenvalue weighted by Gasteiger charge is -2.26. The first-order valence-electron chi connectivity index (χ1n) is 6.49. The summed E-state index contributed by atoms with van der Waals surface area (Å²) in [5.74, 6) is -0.557. The molecule has 1 aromatic carbocycles. The van der Waals surface area contributed by atoms with Crippen molar-refractivity contribution in [3.63, 3.8) is 0 Å². The van der Waals surface area contributed by atoms with Gasteiger partial charge in [0, 0.05) is 19.6 Å². The van der Waals surface area contributed by atoms with Crippen molar-refractivity contribution in [3.05, 3.63) is 28.8 Å². The Morgan fingerprint density at radius 3 is 2.71 bits per heavy atom. The smallest absolute Gasteiger partial charge is 0.338 e. The quantitative estimate of drug-likeness (QED) is 0.635. The first-order chi connectivity index (χ1) is 10.1. The van der Waals surface area contributed by atoms with E-state index in [0.29, 0.717) is 19.8 Å². The number of carbonyl (C=O) groups excluding carboxylic acids is 1. The van der Waals surface area contributed by atoms with Crippen molar-refractivity contribution >= 4 is 28.3 Å².